The Balaban J connectivity index is 1.72. The van der Waals surface area contributed by atoms with Gasteiger partial charge >= 0.3 is 0 Å². The molecule has 0 amide bonds. The van der Waals surface area contributed by atoms with Gasteiger partial charge in [-0.25, -0.2) is 4.98 Å². The van der Waals surface area contributed by atoms with Crippen molar-refractivity contribution in [3.8, 4) is 0 Å². The predicted octanol–water partition coefficient (Wildman–Crippen LogP) is 4.88. The Labute approximate surface area is 117 Å². The molecular weight excluding hydrogens is 270 g/mol. The van der Waals surface area contributed by atoms with Crippen molar-refractivity contribution in [2.24, 2.45) is 0 Å². The summed E-state index contributed by atoms with van der Waals surface area (Å²) in [6, 6.07) is 0. The second-order valence-electron chi connectivity index (χ2n) is 4.60. The largest absolute Gasteiger partial charge is 0.245 e. The van der Waals surface area contributed by atoms with E-state index in [-0.39, 0.29) is 0 Å². The summed E-state index contributed by atoms with van der Waals surface area (Å²) in [6.45, 7) is 0. The van der Waals surface area contributed by atoms with Crippen LogP contribution in [0.2, 0.25) is 0 Å². The summed E-state index contributed by atoms with van der Waals surface area (Å²) in [5, 5.41) is 4.38. The number of nitrogens with zero attached hydrogens (tertiary/aromatic N) is 1. The number of aromatic nitrogens is 1. The van der Waals surface area contributed by atoms with Crippen molar-refractivity contribution >= 4 is 34.7 Å². The topological polar surface area (TPSA) is 12.9 Å². The van der Waals surface area contributed by atoms with Gasteiger partial charge in [0.1, 0.15) is 5.01 Å². The van der Waals surface area contributed by atoms with Gasteiger partial charge in [0.15, 0.2) is 0 Å². The SMILES string of the molecule is ClCCCc1csc(CSC2CCCCC2)n1. The van der Waals surface area contributed by atoms with Crippen molar-refractivity contribution in [3.63, 3.8) is 0 Å². The Morgan fingerprint density at radius 1 is 1.35 bits per heavy atom. The van der Waals surface area contributed by atoms with E-state index < -0.39 is 0 Å². The summed E-state index contributed by atoms with van der Waals surface area (Å²) in [5.41, 5.74) is 1.23. The number of alkyl halides is 1. The average molecular weight is 290 g/mol. The van der Waals surface area contributed by atoms with E-state index in [1.807, 2.05) is 11.3 Å². The molecule has 1 saturated carbocycles. The minimum atomic E-state index is 0.740. The lowest BCUT2D eigenvalue weighted by Crippen LogP contribution is -2.08. The molecule has 1 aromatic heterocycles. The smallest absolute Gasteiger partial charge is 0.103 e. The van der Waals surface area contributed by atoms with Crippen LogP contribution >= 0.6 is 34.7 Å². The summed E-state index contributed by atoms with van der Waals surface area (Å²) >= 11 is 9.62. The second-order valence-corrected chi connectivity index (χ2v) is 7.21. The molecule has 1 fully saturated rings. The van der Waals surface area contributed by atoms with Crippen molar-refractivity contribution in [2.75, 3.05) is 5.88 Å². The Morgan fingerprint density at radius 2 is 2.18 bits per heavy atom. The van der Waals surface area contributed by atoms with Crippen LogP contribution < -0.4 is 0 Å². The summed E-state index contributed by atoms with van der Waals surface area (Å²) < 4.78 is 0. The minimum absolute atomic E-state index is 0.740. The molecule has 1 aliphatic carbocycles. The summed E-state index contributed by atoms with van der Waals surface area (Å²) in [5.74, 6) is 1.85. The molecule has 2 rings (SSSR count). The summed E-state index contributed by atoms with van der Waals surface area (Å²) in [6.07, 6.45) is 9.20. The number of thioether (sulfide) groups is 1. The molecule has 0 radical (unpaired) electrons. The van der Waals surface area contributed by atoms with Crippen molar-refractivity contribution < 1.29 is 0 Å². The molecule has 1 aromatic rings. The van der Waals surface area contributed by atoms with Crippen LogP contribution in [0.1, 0.15) is 49.2 Å². The van der Waals surface area contributed by atoms with Gasteiger partial charge in [-0.05, 0) is 25.7 Å². The standard InChI is InChI=1S/C13H20ClNS2/c14-8-4-5-11-9-17-13(15-11)10-16-12-6-2-1-3-7-12/h9,12H,1-8,10H2. The summed E-state index contributed by atoms with van der Waals surface area (Å²) in [4.78, 5) is 4.67. The van der Waals surface area contributed by atoms with E-state index in [2.05, 4.69) is 22.1 Å². The number of halogens is 1. The van der Waals surface area contributed by atoms with Crippen LogP contribution in [-0.2, 0) is 12.2 Å². The maximum Gasteiger partial charge on any atom is 0.103 e. The molecule has 0 aromatic carbocycles. The Morgan fingerprint density at radius 3 is 2.94 bits per heavy atom. The van der Waals surface area contributed by atoms with Crippen molar-refractivity contribution in [1.82, 2.24) is 4.98 Å². The molecular formula is C13H20ClNS2. The van der Waals surface area contributed by atoms with Crippen molar-refractivity contribution in [3.05, 3.63) is 16.1 Å². The van der Waals surface area contributed by atoms with Gasteiger partial charge in [0.2, 0.25) is 0 Å². The maximum atomic E-state index is 5.69. The van der Waals surface area contributed by atoms with E-state index in [0.717, 1.165) is 29.7 Å². The minimum Gasteiger partial charge on any atom is -0.245 e. The van der Waals surface area contributed by atoms with Gasteiger partial charge < -0.3 is 0 Å². The first kappa shape index (κ1) is 13.7. The highest BCUT2D eigenvalue weighted by Crippen LogP contribution is 2.31. The van der Waals surface area contributed by atoms with Crippen LogP contribution in [0, 0.1) is 0 Å². The van der Waals surface area contributed by atoms with Crippen LogP contribution in [-0.4, -0.2) is 16.1 Å². The van der Waals surface area contributed by atoms with Crippen LogP contribution in [0.15, 0.2) is 5.38 Å². The van der Waals surface area contributed by atoms with Gasteiger partial charge in [-0.15, -0.1) is 22.9 Å². The molecule has 1 heterocycles. The fraction of sp³-hybridized carbons (Fsp3) is 0.769. The van der Waals surface area contributed by atoms with E-state index in [1.165, 1.54) is 42.8 Å². The first-order valence-electron chi connectivity index (χ1n) is 6.49. The summed E-state index contributed by atoms with van der Waals surface area (Å²) in [7, 11) is 0. The number of rotatable bonds is 6. The highest BCUT2D eigenvalue weighted by atomic mass is 35.5. The van der Waals surface area contributed by atoms with Gasteiger partial charge in [0, 0.05) is 22.3 Å². The number of hydrogen-bond donors (Lipinski definition) is 0. The van der Waals surface area contributed by atoms with Crippen molar-refractivity contribution in [1.29, 1.82) is 0 Å². The lowest BCUT2D eigenvalue weighted by atomic mass is 10.0. The third-order valence-electron chi connectivity index (χ3n) is 3.16. The van der Waals surface area contributed by atoms with E-state index in [1.54, 1.807) is 0 Å². The number of aryl methyl sites for hydroxylation is 1. The van der Waals surface area contributed by atoms with Gasteiger partial charge in [0.05, 0.1) is 5.69 Å². The molecule has 0 aliphatic heterocycles. The molecule has 0 spiro atoms. The van der Waals surface area contributed by atoms with E-state index in [9.17, 15) is 0 Å². The van der Waals surface area contributed by atoms with Crippen molar-refractivity contribution in [2.45, 2.75) is 55.9 Å². The Kier molecular flexibility index (Phi) is 6.16. The van der Waals surface area contributed by atoms with E-state index in [0.29, 0.717) is 0 Å². The zero-order valence-electron chi connectivity index (χ0n) is 10.2. The molecule has 96 valence electrons. The highest BCUT2D eigenvalue weighted by Gasteiger charge is 2.14. The monoisotopic (exact) mass is 289 g/mol. The first-order chi connectivity index (χ1) is 8.38. The van der Waals surface area contributed by atoms with Gasteiger partial charge in [-0.3, -0.25) is 0 Å². The lowest BCUT2D eigenvalue weighted by Gasteiger charge is -2.20. The number of thiazole rings is 1. The molecule has 0 bridgehead atoms. The molecule has 0 unspecified atom stereocenters. The molecule has 4 heteroatoms. The fourth-order valence-electron chi connectivity index (χ4n) is 2.20. The van der Waals surface area contributed by atoms with Crippen LogP contribution in [0.25, 0.3) is 0 Å². The molecule has 0 saturated heterocycles. The third kappa shape index (κ3) is 4.80. The Hall–Kier alpha value is 0.270. The van der Waals surface area contributed by atoms with E-state index in [4.69, 9.17) is 11.6 Å². The van der Waals surface area contributed by atoms with Crippen LogP contribution in [0.4, 0.5) is 0 Å². The average Bonchev–Trinajstić information content (AvgIpc) is 2.83. The third-order valence-corrected chi connectivity index (χ3v) is 5.89. The van der Waals surface area contributed by atoms with Gasteiger partial charge in [0.25, 0.3) is 0 Å². The maximum absolute atomic E-state index is 5.69. The van der Waals surface area contributed by atoms with Gasteiger partial charge in [-0.1, -0.05) is 19.3 Å². The molecule has 1 nitrogen and oxygen atoms in total. The van der Waals surface area contributed by atoms with Gasteiger partial charge in [-0.2, -0.15) is 11.8 Å². The molecule has 17 heavy (non-hydrogen) atoms. The molecule has 0 N–H and O–H groups in total. The van der Waals surface area contributed by atoms with E-state index >= 15 is 0 Å². The Bertz CT molecular complexity index is 321. The quantitative estimate of drug-likeness (QED) is 0.692. The molecule has 0 atom stereocenters. The zero-order valence-corrected chi connectivity index (χ0v) is 12.5. The van der Waals surface area contributed by atoms with Crippen LogP contribution in [0.5, 0.6) is 0 Å². The normalized spacial score (nSPS) is 17.5. The number of hydrogen-bond acceptors (Lipinski definition) is 3. The predicted molar refractivity (Wildman–Crippen MR) is 79.3 cm³/mol. The lowest BCUT2D eigenvalue weighted by molar-refractivity contribution is 0.516. The molecule has 1 aliphatic rings. The zero-order chi connectivity index (χ0) is 11.9. The van der Waals surface area contributed by atoms with Crippen LogP contribution in [0.3, 0.4) is 0 Å². The first-order valence-corrected chi connectivity index (χ1v) is 8.95. The fourth-order valence-corrected chi connectivity index (χ4v) is 4.53. The second kappa shape index (κ2) is 7.65. The highest BCUT2D eigenvalue weighted by molar-refractivity contribution is 7.99.